The minimum Gasteiger partial charge on any atom is -0.610 e. The minimum atomic E-state index is -1.39. The number of Topliss-reactive ketones (excluding diaryl/α,β-unsaturated/α-hetero) is 1. The molecule has 1 aromatic heterocycles. The van der Waals surface area contributed by atoms with Gasteiger partial charge in [-0.25, -0.2) is 4.98 Å². The van der Waals surface area contributed by atoms with Gasteiger partial charge in [0.2, 0.25) is 10.8 Å². The molecule has 98 valence electrons. The van der Waals surface area contributed by atoms with Gasteiger partial charge in [-0.1, -0.05) is 23.8 Å². The number of pyridine rings is 1. The van der Waals surface area contributed by atoms with E-state index in [1.807, 2.05) is 32.0 Å². The standard InChI is InChI=1S/C15H15NO2S/c1-11-6-7-12(2)13(9-11)14(17)10-19(18)15-5-3-4-8-16-15/h3-9H,10H2,1-2H3. The molecule has 0 fully saturated rings. The summed E-state index contributed by atoms with van der Waals surface area (Å²) in [6.07, 6.45) is 1.58. The number of benzene rings is 1. The van der Waals surface area contributed by atoms with Crippen molar-refractivity contribution in [2.24, 2.45) is 0 Å². The summed E-state index contributed by atoms with van der Waals surface area (Å²) in [5, 5.41) is 0.446. The smallest absolute Gasteiger partial charge is 0.244 e. The molecule has 1 heterocycles. The Hall–Kier alpha value is -1.65. The van der Waals surface area contributed by atoms with Gasteiger partial charge in [-0.2, -0.15) is 0 Å². The van der Waals surface area contributed by atoms with Gasteiger partial charge in [0.25, 0.3) is 0 Å². The van der Waals surface area contributed by atoms with Gasteiger partial charge in [-0.15, -0.1) is 0 Å². The van der Waals surface area contributed by atoms with Crippen LogP contribution in [0.15, 0.2) is 47.6 Å². The van der Waals surface area contributed by atoms with Crippen molar-refractivity contribution in [1.82, 2.24) is 4.98 Å². The monoisotopic (exact) mass is 273 g/mol. The molecular formula is C15H15NO2S. The molecule has 1 unspecified atom stereocenters. The lowest BCUT2D eigenvalue weighted by molar-refractivity contribution is 0.102. The van der Waals surface area contributed by atoms with E-state index in [4.69, 9.17) is 0 Å². The highest BCUT2D eigenvalue weighted by Crippen LogP contribution is 2.15. The third-order valence-corrected chi connectivity index (χ3v) is 4.06. The average Bonchev–Trinajstić information content (AvgIpc) is 2.42. The van der Waals surface area contributed by atoms with Crippen LogP contribution in [0.5, 0.6) is 0 Å². The average molecular weight is 273 g/mol. The van der Waals surface area contributed by atoms with E-state index in [1.165, 1.54) is 0 Å². The quantitative estimate of drug-likeness (QED) is 0.635. The Morgan fingerprint density at radius 3 is 2.74 bits per heavy atom. The molecule has 2 rings (SSSR count). The highest BCUT2D eigenvalue weighted by molar-refractivity contribution is 7.92. The lowest BCUT2D eigenvalue weighted by Crippen LogP contribution is -2.18. The van der Waals surface area contributed by atoms with Gasteiger partial charge in [0, 0.05) is 29.0 Å². The normalized spacial score (nSPS) is 12.2. The number of nitrogens with zero attached hydrogens (tertiary/aromatic N) is 1. The number of aromatic nitrogens is 1. The molecule has 0 bridgehead atoms. The zero-order valence-corrected chi connectivity index (χ0v) is 11.7. The van der Waals surface area contributed by atoms with Crippen LogP contribution in [0.3, 0.4) is 0 Å². The molecule has 0 aliphatic heterocycles. The summed E-state index contributed by atoms with van der Waals surface area (Å²) in [5.74, 6) is -0.133. The first-order chi connectivity index (χ1) is 9.08. The minimum absolute atomic E-state index is 0.0265. The Bertz CT molecular complexity index is 584. The maximum atomic E-state index is 12.2. The summed E-state index contributed by atoms with van der Waals surface area (Å²) in [6.45, 7) is 3.82. The lowest BCUT2D eigenvalue weighted by Gasteiger charge is -2.10. The summed E-state index contributed by atoms with van der Waals surface area (Å²) >= 11 is -1.39. The van der Waals surface area contributed by atoms with Gasteiger partial charge in [-0.05, 0) is 31.5 Å². The Balaban J connectivity index is 2.15. The van der Waals surface area contributed by atoms with Crippen LogP contribution >= 0.6 is 0 Å². The maximum Gasteiger partial charge on any atom is 0.244 e. The molecule has 3 nitrogen and oxygen atoms in total. The number of carbonyl (C=O) groups excluding carboxylic acids is 1. The van der Waals surface area contributed by atoms with E-state index in [9.17, 15) is 9.35 Å². The Morgan fingerprint density at radius 1 is 1.26 bits per heavy atom. The second-order valence-electron chi connectivity index (χ2n) is 4.40. The predicted octanol–water partition coefficient (Wildman–Crippen LogP) is 2.69. The summed E-state index contributed by atoms with van der Waals surface area (Å²) in [7, 11) is 0. The zero-order valence-electron chi connectivity index (χ0n) is 10.9. The van der Waals surface area contributed by atoms with E-state index < -0.39 is 11.2 Å². The molecule has 19 heavy (non-hydrogen) atoms. The fraction of sp³-hybridized carbons (Fsp3) is 0.200. The highest BCUT2D eigenvalue weighted by atomic mass is 32.2. The highest BCUT2D eigenvalue weighted by Gasteiger charge is 2.20. The molecule has 0 aliphatic carbocycles. The molecule has 1 atom stereocenters. The predicted molar refractivity (Wildman–Crippen MR) is 75.8 cm³/mol. The van der Waals surface area contributed by atoms with Crippen LogP contribution in [0.2, 0.25) is 0 Å². The van der Waals surface area contributed by atoms with E-state index in [0.29, 0.717) is 10.6 Å². The van der Waals surface area contributed by atoms with Crippen LogP contribution in [0.1, 0.15) is 21.5 Å². The second-order valence-corrected chi connectivity index (χ2v) is 5.80. The SMILES string of the molecule is Cc1ccc(C)c(C(=O)C[S+]([O-])c2ccccn2)c1. The van der Waals surface area contributed by atoms with Gasteiger partial charge >= 0.3 is 0 Å². The number of carbonyl (C=O) groups is 1. The van der Waals surface area contributed by atoms with Gasteiger partial charge < -0.3 is 4.55 Å². The molecular weight excluding hydrogens is 258 g/mol. The van der Waals surface area contributed by atoms with Crippen molar-refractivity contribution in [2.75, 3.05) is 5.75 Å². The molecule has 1 aromatic carbocycles. The summed E-state index contributed by atoms with van der Waals surface area (Å²) < 4.78 is 12.1. The molecule has 0 radical (unpaired) electrons. The molecule has 0 saturated heterocycles. The molecule has 4 heteroatoms. The van der Waals surface area contributed by atoms with Crippen molar-refractivity contribution in [3.8, 4) is 0 Å². The van der Waals surface area contributed by atoms with Crippen LogP contribution < -0.4 is 0 Å². The first kappa shape index (κ1) is 13.8. The van der Waals surface area contributed by atoms with Crippen molar-refractivity contribution >= 4 is 17.0 Å². The van der Waals surface area contributed by atoms with Crippen molar-refractivity contribution in [3.63, 3.8) is 0 Å². The van der Waals surface area contributed by atoms with E-state index in [2.05, 4.69) is 4.98 Å². The van der Waals surface area contributed by atoms with Gasteiger partial charge in [0.15, 0.2) is 5.75 Å². The first-order valence-electron chi connectivity index (χ1n) is 5.98. The largest absolute Gasteiger partial charge is 0.610 e. The Morgan fingerprint density at radius 2 is 2.05 bits per heavy atom. The van der Waals surface area contributed by atoms with Gasteiger partial charge in [0.1, 0.15) is 0 Å². The third kappa shape index (κ3) is 3.43. The summed E-state index contributed by atoms with van der Waals surface area (Å²) in [4.78, 5) is 16.2. The van der Waals surface area contributed by atoms with Crippen molar-refractivity contribution in [1.29, 1.82) is 0 Å². The fourth-order valence-electron chi connectivity index (χ4n) is 1.79. The van der Waals surface area contributed by atoms with E-state index in [-0.39, 0.29) is 11.5 Å². The second kappa shape index (κ2) is 5.99. The number of rotatable bonds is 4. The van der Waals surface area contributed by atoms with E-state index in [1.54, 1.807) is 24.4 Å². The number of ketones is 1. The third-order valence-electron chi connectivity index (χ3n) is 2.83. The van der Waals surface area contributed by atoms with Crippen LogP contribution in [0.4, 0.5) is 0 Å². The van der Waals surface area contributed by atoms with Crippen molar-refractivity contribution in [2.45, 2.75) is 18.9 Å². The fourth-order valence-corrected chi connectivity index (χ4v) is 2.74. The van der Waals surface area contributed by atoms with Crippen LogP contribution in [0.25, 0.3) is 0 Å². The van der Waals surface area contributed by atoms with Gasteiger partial charge in [0.05, 0.1) is 0 Å². The van der Waals surface area contributed by atoms with Crippen LogP contribution in [-0.2, 0) is 11.2 Å². The van der Waals surface area contributed by atoms with Crippen molar-refractivity contribution in [3.05, 3.63) is 59.3 Å². The topological polar surface area (TPSA) is 53.0 Å². The first-order valence-corrected chi connectivity index (χ1v) is 7.29. The van der Waals surface area contributed by atoms with E-state index >= 15 is 0 Å². The Kier molecular flexibility index (Phi) is 4.35. The molecule has 0 N–H and O–H groups in total. The molecule has 0 aliphatic rings. The molecule has 2 aromatic rings. The Labute approximate surface area is 115 Å². The van der Waals surface area contributed by atoms with Gasteiger partial charge in [-0.3, -0.25) is 4.79 Å². The van der Waals surface area contributed by atoms with E-state index in [0.717, 1.165) is 11.1 Å². The molecule has 0 amide bonds. The molecule has 0 saturated carbocycles. The maximum absolute atomic E-state index is 12.2. The number of hydrogen-bond donors (Lipinski definition) is 0. The lowest BCUT2D eigenvalue weighted by atomic mass is 10.0. The summed E-state index contributed by atoms with van der Waals surface area (Å²) in [5.41, 5.74) is 2.58. The zero-order chi connectivity index (χ0) is 13.8. The summed E-state index contributed by atoms with van der Waals surface area (Å²) in [6, 6.07) is 10.9. The van der Waals surface area contributed by atoms with Crippen LogP contribution in [-0.4, -0.2) is 21.1 Å². The molecule has 0 spiro atoms. The van der Waals surface area contributed by atoms with Crippen molar-refractivity contribution < 1.29 is 9.35 Å². The van der Waals surface area contributed by atoms with Crippen LogP contribution in [0, 0.1) is 13.8 Å². The number of hydrogen-bond acceptors (Lipinski definition) is 3. The number of aryl methyl sites for hydroxylation is 2.